The Bertz CT molecular complexity index is 1010. The highest BCUT2D eigenvalue weighted by Crippen LogP contribution is 2.38. The number of aryl methyl sites for hydroxylation is 1. The summed E-state index contributed by atoms with van der Waals surface area (Å²) >= 11 is 0. The Hall–Kier alpha value is -2.42. The minimum Gasteiger partial charge on any atom is -0.494 e. The maximum atomic E-state index is 14.4. The smallest absolute Gasteiger partial charge is 0.201 e. The van der Waals surface area contributed by atoms with E-state index in [-0.39, 0.29) is 5.75 Å². The molecule has 35 heavy (non-hydrogen) atoms. The Morgan fingerprint density at radius 3 is 2.37 bits per heavy atom. The van der Waals surface area contributed by atoms with E-state index in [1.807, 2.05) is 0 Å². The van der Waals surface area contributed by atoms with Gasteiger partial charge in [0, 0.05) is 5.56 Å². The van der Waals surface area contributed by atoms with Gasteiger partial charge in [-0.15, -0.1) is 0 Å². The molecule has 0 radical (unpaired) electrons. The quantitative estimate of drug-likeness (QED) is 0.326. The summed E-state index contributed by atoms with van der Waals surface area (Å²) in [5, 5.41) is 0. The molecular weight excluding hydrogens is 438 g/mol. The fourth-order valence-electron chi connectivity index (χ4n) is 5.84. The summed E-state index contributed by atoms with van der Waals surface area (Å²) in [7, 11) is 1.36. The van der Waals surface area contributed by atoms with Crippen LogP contribution in [0.4, 0.5) is 8.78 Å². The van der Waals surface area contributed by atoms with Crippen LogP contribution in [0.25, 0.3) is 5.57 Å². The number of methoxy groups -OCH3 is 1. The molecule has 1 unspecified atom stereocenters. The summed E-state index contributed by atoms with van der Waals surface area (Å²) in [6, 6.07) is 12.5. The molecule has 0 amide bonds. The van der Waals surface area contributed by atoms with Crippen molar-refractivity contribution < 1.29 is 13.5 Å². The van der Waals surface area contributed by atoms with Crippen molar-refractivity contribution in [3.05, 3.63) is 83.0 Å². The van der Waals surface area contributed by atoms with Crippen molar-refractivity contribution in [2.75, 3.05) is 7.11 Å². The molecule has 0 saturated heterocycles. The van der Waals surface area contributed by atoms with Gasteiger partial charge in [-0.2, -0.15) is 4.39 Å². The molecule has 0 aromatic heterocycles. The molecule has 1 fully saturated rings. The first-order chi connectivity index (χ1) is 17.1. The SMILES string of the molecule is CCCc1ccc(C2CCC(/C=C/CCC3CC=C(c4ccc(OC)c(F)c4F)CC3)CC2)cc1. The Balaban J connectivity index is 1.19. The topological polar surface area (TPSA) is 9.23 Å². The van der Waals surface area contributed by atoms with Crippen LogP contribution in [0, 0.1) is 23.5 Å². The fourth-order valence-corrected chi connectivity index (χ4v) is 5.84. The Morgan fingerprint density at radius 1 is 0.943 bits per heavy atom. The zero-order valence-corrected chi connectivity index (χ0v) is 21.4. The number of allylic oxidation sites excluding steroid dienone is 4. The second-order valence-corrected chi connectivity index (χ2v) is 10.4. The van der Waals surface area contributed by atoms with E-state index in [1.54, 1.807) is 6.07 Å². The zero-order chi connectivity index (χ0) is 24.6. The van der Waals surface area contributed by atoms with Crippen LogP contribution in [0.3, 0.4) is 0 Å². The van der Waals surface area contributed by atoms with Gasteiger partial charge in [0.15, 0.2) is 11.6 Å². The molecule has 1 atom stereocenters. The predicted octanol–water partition coefficient (Wildman–Crippen LogP) is 9.42. The maximum absolute atomic E-state index is 14.4. The highest BCUT2D eigenvalue weighted by molar-refractivity contribution is 5.67. The number of ether oxygens (including phenoxy) is 1. The third-order valence-corrected chi connectivity index (χ3v) is 8.04. The lowest BCUT2D eigenvalue weighted by Gasteiger charge is -2.27. The minimum atomic E-state index is -0.892. The van der Waals surface area contributed by atoms with Crippen LogP contribution in [0.15, 0.2) is 54.6 Å². The molecule has 0 bridgehead atoms. The van der Waals surface area contributed by atoms with E-state index in [0.717, 1.165) is 43.1 Å². The van der Waals surface area contributed by atoms with Gasteiger partial charge in [-0.05, 0) is 111 Å². The first kappa shape index (κ1) is 25.7. The molecule has 1 nitrogen and oxygen atoms in total. The molecule has 4 rings (SSSR count). The molecular formula is C32H40F2O. The molecule has 2 aliphatic carbocycles. The van der Waals surface area contributed by atoms with Crippen LogP contribution >= 0.6 is 0 Å². The van der Waals surface area contributed by atoms with Crippen molar-refractivity contribution in [1.82, 2.24) is 0 Å². The molecule has 3 heteroatoms. The third-order valence-electron chi connectivity index (χ3n) is 8.04. The Kier molecular flexibility index (Phi) is 9.18. The highest BCUT2D eigenvalue weighted by atomic mass is 19.2. The monoisotopic (exact) mass is 478 g/mol. The second-order valence-electron chi connectivity index (χ2n) is 10.4. The third kappa shape index (κ3) is 6.63. The van der Waals surface area contributed by atoms with Crippen molar-refractivity contribution in [3.63, 3.8) is 0 Å². The van der Waals surface area contributed by atoms with E-state index in [0.29, 0.717) is 11.5 Å². The van der Waals surface area contributed by atoms with Crippen LogP contribution in [0.5, 0.6) is 5.75 Å². The number of hydrogen-bond donors (Lipinski definition) is 0. The summed E-state index contributed by atoms with van der Waals surface area (Å²) in [6.07, 6.45) is 19.6. The standard InChI is InChI=1S/C32H40F2O/c1-3-6-23-9-15-26(16-10-23)27-17-11-24(12-18-27)7-4-5-8-25-13-19-28(20-14-25)29-21-22-30(35-2)32(34)31(29)33/h4,7,9-10,15-16,19,21-22,24-25,27H,3,5-6,8,11-14,17-18,20H2,1-2H3/b7-4+. The lowest BCUT2D eigenvalue weighted by atomic mass is 9.78. The summed E-state index contributed by atoms with van der Waals surface area (Å²) in [5.74, 6) is 0.346. The van der Waals surface area contributed by atoms with Crippen molar-refractivity contribution in [2.45, 2.75) is 83.5 Å². The van der Waals surface area contributed by atoms with Gasteiger partial charge < -0.3 is 4.74 Å². The zero-order valence-electron chi connectivity index (χ0n) is 21.4. The van der Waals surface area contributed by atoms with E-state index < -0.39 is 11.6 Å². The lowest BCUT2D eigenvalue weighted by Crippen LogP contribution is -2.11. The number of halogens is 2. The van der Waals surface area contributed by atoms with Crippen molar-refractivity contribution in [2.24, 2.45) is 11.8 Å². The number of benzene rings is 2. The maximum Gasteiger partial charge on any atom is 0.201 e. The molecule has 0 aliphatic heterocycles. The van der Waals surface area contributed by atoms with E-state index in [9.17, 15) is 8.78 Å². The molecule has 0 heterocycles. The van der Waals surface area contributed by atoms with Gasteiger partial charge in [0.2, 0.25) is 5.82 Å². The van der Waals surface area contributed by atoms with Gasteiger partial charge in [0.1, 0.15) is 0 Å². The van der Waals surface area contributed by atoms with Gasteiger partial charge in [0.05, 0.1) is 7.11 Å². The van der Waals surface area contributed by atoms with Crippen molar-refractivity contribution >= 4 is 5.57 Å². The van der Waals surface area contributed by atoms with Gasteiger partial charge in [-0.3, -0.25) is 0 Å². The van der Waals surface area contributed by atoms with Crippen LogP contribution < -0.4 is 4.74 Å². The second kappa shape index (κ2) is 12.5. The van der Waals surface area contributed by atoms with Gasteiger partial charge >= 0.3 is 0 Å². The van der Waals surface area contributed by atoms with Gasteiger partial charge in [0.25, 0.3) is 0 Å². The van der Waals surface area contributed by atoms with Crippen LogP contribution in [0.2, 0.25) is 0 Å². The predicted molar refractivity (Wildman–Crippen MR) is 142 cm³/mol. The largest absolute Gasteiger partial charge is 0.494 e. The summed E-state index contributed by atoms with van der Waals surface area (Å²) in [5.41, 5.74) is 4.29. The first-order valence-electron chi connectivity index (χ1n) is 13.6. The average Bonchev–Trinajstić information content (AvgIpc) is 2.90. The van der Waals surface area contributed by atoms with E-state index in [2.05, 4.69) is 49.4 Å². The molecule has 2 aliphatic rings. The van der Waals surface area contributed by atoms with Crippen LogP contribution in [0.1, 0.15) is 93.7 Å². The normalized spacial score (nSPS) is 22.9. The molecule has 1 saturated carbocycles. The van der Waals surface area contributed by atoms with E-state index in [1.165, 1.54) is 69.2 Å². The highest BCUT2D eigenvalue weighted by Gasteiger charge is 2.22. The Labute approximate surface area is 210 Å². The average molecular weight is 479 g/mol. The molecule has 2 aromatic carbocycles. The molecule has 0 N–H and O–H groups in total. The summed E-state index contributed by atoms with van der Waals surface area (Å²) < 4.78 is 33.4. The van der Waals surface area contributed by atoms with Crippen molar-refractivity contribution in [3.8, 4) is 5.75 Å². The van der Waals surface area contributed by atoms with Gasteiger partial charge in [-0.1, -0.05) is 55.8 Å². The Morgan fingerprint density at radius 2 is 1.71 bits per heavy atom. The van der Waals surface area contributed by atoms with Crippen LogP contribution in [-0.4, -0.2) is 7.11 Å². The fraction of sp³-hybridized carbons (Fsp3) is 0.500. The lowest BCUT2D eigenvalue weighted by molar-refractivity contribution is 0.371. The number of rotatable bonds is 9. The van der Waals surface area contributed by atoms with E-state index in [4.69, 9.17) is 4.74 Å². The first-order valence-corrected chi connectivity index (χ1v) is 13.6. The summed E-state index contributed by atoms with van der Waals surface area (Å²) in [4.78, 5) is 0. The van der Waals surface area contributed by atoms with Crippen molar-refractivity contribution in [1.29, 1.82) is 0 Å². The minimum absolute atomic E-state index is 0.0399. The summed E-state index contributed by atoms with van der Waals surface area (Å²) in [6.45, 7) is 2.24. The molecule has 2 aromatic rings. The van der Waals surface area contributed by atoms with E-state index >= 15 is 0 Å². The number of hydrogen-bond acceptors (Lipinski definition) is 1. The molecule has 188 valence electrons. The van der Waals surface area contributed by atoms with Gasteiger partial charge in [-0.25, -0.2) is 4.39 Å². The van der Waals surface area contributed by atoms with Crippen LogP contribution in [-0.2, 0) is 6.42 Å². The molecule has 0 spiro atoms.